The summed E-state index contributed by atoms with van der Waals surface area (Å²) in [7, 11) is 0. The van der Waals surface area contributed by atoms with E-state index in [0.717, 1.165) is 63.9 Å². The van der Waals surface area contributed by atoms with Gasteiger partial charge < -0.3 is 10.2 Å². The Morgan fingerprint density at radius 3 is 2.59 bits per heavy atom. The molecule has 1 aliphatic carbocycles. The smallest absolute Gasteiger partial charge is 0.284 e. The Kier molecular flexibility index (Phi) is 5.75. The lowest BCUT2D eigenvalue weighted by molar-refractivity contribution is 0.102. The van der Waals surface area contributed by atoms with Crippen molar-refractivity contribution < 1.29 is 13.6 Å². The lowest BCUT2D eigenvalue weighted by atomic mass is 9.96. The summed E-state index contributed by atoms with van der Waals surface area (Å²) in [6.07, 6.45) is 10.5. The maximum atomic E-state index is 13.7. The molecule has 0 bridgehead atoms. The van der Waals surface area contributed by atoms with Gasteiger partial charge in [-0.05, 0) is 38.2 Å². The number of rotatable bonds is 5. The number of hydrogen-bond donors (Lipinski definition) is 1. The van der Waals surface area contributed by atoms with Crippen LogP contribution >= 0.6 is 0 Å². The van der Waals surface area contributed by atoms with E-state index in [2.05, 4.69) is 25.4 Å². The van der Waals surface area contributed by atoms with Gasteiger partial charge in [-0.25, -0.2) is 18.3 Å². The normalized spacial score (nSPS) is 17.9. The summed E-state index contributed by atoms with van der Waals surface area (Å²) in [5, 5.41) is 11.0. The Morgan fingerprint density at radius 2 is 1.84 bits per heavy atom. The highest BCUT2D eigenvalue weighted by molar-refractivity contribution is 6.08. The van der Waals surface area contributed by atoms with E-state index in [9.17, 15) is 13.6 Å². The van der Waals surface area contributed by atoms with E-state index in [1.54, 1.807) is 10.9 Å². The highest BCUT2D eigenvalue weighted by Gasteiger charge is 2.25. The number of fused-ring (bicyclic) bond motifs is 1. The van der Waals surface area contributed by atoms with Crippen LogP contribution in [0.4, 0.5) is 20.3 Å². The first-order valence-corrected chi connectivity index (χ1v) is 11.4. The van der Waals surface area contributed by atoms with Crippen molar-refractivity contribution in [1.29, 1.82) is 0 Å². The van der Waals surface area contributed by atoms with Gasteiger partial charge in [-0.1, -0.05) is 19.3 Å². The summed E-state index contributed by atoms with van der Waals surface area (Å²) >= 11 is 0. The number of nitrogens with one attached hydrogen (secondary N) is 1. The van der Waals surface area contributed by atoms with Crippen LogP contribution in [0.5, 0.6) is 0 Å². The van der Waals surface area contributed by atoms with E-state index in [4.69, 9.17) is 0 Å². The molecule has 0 atom stereocenters. The van der Waals surface area contributed by atoms with Crippen molar-refractivity contribution >= 4 is 23.1 Å². The molecule has 2 aliphatic rings. The van der Waals surface area contributed by atoms with Crippen molar-refractivity contribution in [2.75, 3.05) is 23.3 Å². The Bertz CT molecular complexity index is 1100. The number of halogens is 2. The number of anilines is 2. The van der Waals surface area contributed by atoms with Crippen molar-refractivity contribution in [3.63, 3.8) is 0 Å². The lowest BCUT2D eigenvalue weighted by Gasteiger charge is -2.27. The average Bonchev–Trinajstić information content (AvgIpc) is 3.44. The van der Waals surface area contributed by atoms with Gasteiger partial charge in [0.05, 0.1) is 17.9 Å². The molecule has 1 amide bonds. The fourth-order valence-corrected chi connectivity index (χ4v) is 4.70. The number of nitrogens with zero attached hydrogens (tertiary/aromatic N) is 6. The summed E-state index contributed by atoms with van der Waals surface area (Å²) in [6.45, 7) is 1.86. The molecule has 5 rings (SSSR count). The molecule has 1 saturated heterocycles. The topological polar surface area (TPSA) is 80.3 Å². The van der Waals surface area contributed by atoms with Crippen LogP contribution in [-0.4, -0.2) is 43.4 Å². The first-order chi connectivity index (χ1) is 15.6. The van der Waals surface area contributed by atoms with Gasteiger partial charge in [0.15, 0.2) is 11.3 Å². The minimum absolute atomic E-state index is 0.0436. The van der Waals surface area contributed by atoms with E-state index in [1.807, 2.05) is 6.07 Å². The highest BCUT2D eigenvalue weighted by Crippen LogP contribution is 2.32. The van der Waals surface area contributed by atoms with Crippen LogP contribution in [0.15, 0.2) is 24.7 Å². The van der Waals surface area contributed by atoms with E-state index < -0.39 is 18.0 Å². The summed E-state index contributed by atoms with van der Waals surface area (Å²) in [6, 6.07) is 1.98. The zero-order chi connectivity index (χ0) is 22.1. The highest BCUT2D eigenvalue weighted by atomic mass is 19.3. The van der Waals surface area contributed by atoms with Gasteiger partial charge in [-0.3, -0.25) is 9.48 Å². The summed E-state index contributed by atoms with van der Waals surface area (Å²) < 4.78 is 30.4. The fraction of sp³-hybridized carbons (Fsp3) is 0.545. The quantitative estimate of drug-likeness (QED) is 0.623. The Hall–Kier alpha value is -3.04. The van der Waals surface area contributed by atoms with E-state index >= 15 is 0 Å². The van der Waals surface area contributed by atoms with Crippen molar-refractivity contribution in [3.05, 3.63) is 35.9 Å². The van der Waals surface area contributed by atoms with Gasteiger partial charge in [-0.15, -0.1) is 0 Å². The fourth-order valence-electron chi connectivity index (χ4n) is 4.70. The molecule has 0 aromatic carbocycles. The Labute approximate surface area is 184 Å². The first kappa shape index (κ1) is 20.8. The maximum Gasteiger partial charge on any atom is 0.284 e. The third kappa shape index (κ3) is 4.05. The molecule has 0 radical (unpaired) electrons. The first-order valence-electron chi connectivity index (χ1n) is 11.4. The van der Waals surface area contributed by atoms with Gasteiger partial charge in [0, 0.05) is 25.5 Å². The molecule has 170 valence electrons. The molecule has 3 aromatic heterocycles. The number of amides is 1. The monoisotopic (exact) mass is 443 g/mol. The molecule has 1 aliphatic heterocycles. The molecule has 0 unspecified atom stereocenters. The largest absolute Gasteiger partial charge is 0.357 e. The van der Waals surface area contributed by atoms with Gasteiger partial charge in [-0.2, -0.15) is 10.2 Å². The molecule has 8 nitrogen and oxygen atoms in total. The predicted molar refractivity (Wildman–Crippen MR) is 116 cm³/mol. The second-order valence-electron chi connectivity index (χ2n) is 8.61. The standard InChI is InChI=1S/C22H27F2N7O/c23-20(24)19-17(14-31(28-19)15-7-3-1-4-8-15)26-22(32)16-13-25-30-12-9-18(27-21(16)30)29-10-5-2-6-11-29/h9,12-15,20H,1-8,10-11H2,(H,26,32). The van der Waals surface area contributed by atoms with Crippen LogP contribution in [0.3, 0.4) is 0 Å². The molecule has 0 spiro atoms. The summed E-state index contributed by atoms with van der Waals surface area (Å²) in [5.41, 5.74) is 0.294. The van der Waals surface area contributed by atoms with Crippen molar-refractivity contribution in [1.82, 2.24) is 24.4 Å². The number of hydrogen-bond acceptors (Lipinski definition) is 5. The van der Waals surface area contributed by atoms with Crippen LogP contribution in [0.2, 0.25) is 0 Å². The van der Waals surface area contributed by atoms with Crippen molar-refractivity contribution in [3.8, 4) is 0 Å². The van der Waals surface area contributed by atoms with Crippen LogP contribution in [0.25, 0.3) is 5.65 Å². The predicted octanol–water partition coefficient (Wildman–Crippen LogP) is 4.61. The molecular weight excluding hydrogens is 416 g/mol. The molecule has 32 heavy (non-hydrogen) atoms. The van der Waals surface area contributed by atoms with E-state index in [1.165, 1.54) is 23.3 Å². The molecule has 2 fully saturated rings. The number of aromatic nitrogens is 5. The molecule has 3 aromatic rings. The van der Waals surface area contributed by atoms with Gasteiger partial charge in [0.2, 0.25) is 0 Å². The van der Waals surface area contributed by atoms with Crippen molar-refractivity contribution in [2.24, 2.45) is 0 Å². The third-order valence-corrected chi connectivity index (χ3v) is 6.44. The second-order valence-corrected chi connectivity index (χ2v) is 8.61. The molecule has 10 heteroatoms. The average molecular weight is 444 g/mol. The van der Waals surface area contributed by atoms with Crippen molar-refractivity contribution in [2.45, 2.75) is 63.8 Å². The lowest BCUT2D eigenvalue weighted by Crippen LogP contribution is -2.30. The maximum absolute atomic E-state index is 13.7. The van der Waals surface area contributed by atoms with Crippen LogP contribution < -0.4 is 10.2 Å². The number of piperidine rings is 1. The number of carbonyl (C=O) groups is 1. The van der Waals surface area contributed by atoms with E-state index in [-0.39, 0.29) is 17.3 Å². The zero-order valence-corrected chi connectivity index (χ0v) is 17.9. The number of carbonyl (C=O) groups excluding carboxylic acids is 1. The minimum atomic E-state index is -2.78. The van der Waals surface area contributed by atoms with Crippen LogP contribution in [0.1, 0.15) is 79.9 Å². The SMILES string of the molecule is O=C(Nc1cn(C2CCCCC2)nc1C(F)F)c1cnn2ccc(N3CCCCC3)nc12. The third-order valence-electron chi connectivity index (χ3n) is 6.44. The Morgan fingerprint density at radius 1 is 1.09 bits per heavy atom. The van der Waals surface area contributed by atoms with Crippen LogP contribution in [-0.2, 0) is 0 Å². The molecule has 1 N–H and O–H groups in total. The minimum Gasteiger partial charge on any atom is -0.357 e. The van der Waals surface area contributed by atoms with Gasteiger partial charge >= 0.3 is 0 Å². The Balaban J connectivity index is 1.41. The number of alkyl halides is 2. The zero-order valence-electron chi connectivity index (χ0n) is 17.9. The molecular formula is C22H27F2N7O. The van der Waals surface area contributed by atoms with E-state index in [0.29, 0.717) is 5.65 Å². The van der Waals surface area contributed by atoms with Gasteiger partial charge in [0.25, 0.3) is 12.3 Å². The molecule has 1 saturated carbocycles. The van der Waals surface area contributed by atoms with Crippen LogP contribution in [0, 0.1) is 0 Å². The second kappa shape index (κ2) is 8.84. The molecule has 4 heterocycles. The van der Waals surface area contributed by atoms with Gasteiger partial charge in [0.1, 0.15) is 11.4 Å². The summed E-state index contributed by atoms with van der Waals surface area (Å²) in [5.74, 6) is 0.276. The summed E-state index contributed by atoms with van der Waals surface area (Å²) in [4.78, 5) is 19.9.